The number of nitrogens with two attached hydrogens (primary N) is 1. The molecule has 0 aliphatic heterocycles. The van der Waals surface area contributed by atoms with Crippen molar-refractivity contribution in [2.45, 2.75) is 43.7 Å². The molecule has 3 N–H and O–H groups in total. The number of aliphatic hydroxyl groups is 1. The number of methoxy groups -OCH3 is 2. The minimum Gasteiger partial charge on any atom is -0.493 e. The fraction of sp³-hybridized carbons (Fsp3) is 0.600. The van der Waals surface area contributed by atoms with E-state index >= 15 is 0 Å². The molecule has 1 aromatic carbocycles. The average Bonchev–Trinajstić information content (AvgIpc) is 2.46. The first-order chi connectivity index (χ1) is 9.10. The van der Waals surface area contributed by atoms with Crippen LogP contribution in [0.5, 0.6) is 11.5 Å². The molecule has 1 atom stereocenters. The molecule has 19 heavy (non-hydrogen) atoms. The average molecular weight is 265 g/mol. The van der Waals surface area contributed by atoms with Gasteiger partial charge in [-0.3, -0.25) is 0 Å². The van der Waals surface area contributed by atoms with Crippen LogP contribution in [0.4, 0.5) is 0 Å². The van der Waals surface area contributed by atoms with Crippen LogP contribution in [-0.2, 0) is 0 Å². The second kappa shape index (κ2) is 5.80. The molecule has 1 saturated carbocycles. The lowest BCUT2D eigenvalue weighted by Crippen LogP contribution is -2.47. The van der Waals surface area contributed by atoms with E-state index in [0.29, 0.717) is 11.5 Å². The van der Waals surface area contributed by atoms with Crippen molar-refractivity contribution >= 4 is 0 Å². The Morgan fingerprint density at radius 3 is 2.32 bits per heavy atom. The molecule has 1 fully saturated rings. The van der Waals surface area contributed by atoms with E-state index in [0.717, 1.165) is 31.2 Å². The van der Waals surface area contributed by atoms with E-state index in [1.165, 1.54) is 6.42 Å². The number of hydrogen-bond donors (Lipinski definition) is 2. The van der Waals surface area contributed by atoms with Crippen LogP contribution in [0.1, 0.15) is 43.8 Å². The maximum absolute atomic E-state index is 10.6. The maximum Gasteiger partial charge on any atom is 0.161 e. The highest BCUT2D eigenvalue weighted by Crippen LogP contribution is 2.39. The van der Waals surface area contributed by atoms with E-state index in [1.54, 1.807) is 14.2 Å². The van der Waals surface area contributed by atoms with E-state index in [9.17, 15) is 5.11 Å². The summed E-state index contributed by atoms with van der Waals surface area (Å²) < 4.78 is 10.5. The number of rotatable bonds is 4. The molecule has 1 aromatic rings. The van der Waals surface area contributed by atoms with Gasteiger partial charge in [-0.2, -0.15) is 0 Å². The van der Waals surface area contributed by atoms with Crippen molar-refractivity contribution in [3.63, 3.8) is 0 Å². The molecule has 0 heterocycles. The summed E-state index contributed by atoms with van der Waals surface area (Å²) in [6.07, 6.45) is 4.44. The Kier molecular flexibility index (Phi) is 4.32. The number of aliphatic hydroxyl groups excluding tert-OH is 1. The smallest absolute Gasteiger partial charge is 0.161 e. The topological polar surface area (TPSA) is 64.7 Å². The molecule has 1 aliphatic carbocycles. The van der Waals surface area contributed by atoms with Crippen molar-refractivity contribution in [2.24, 2.45) is 5.73 Å². The van der Waals surface area contributed by atoms with Crippen LogP contribution in [-0.4, -0.2) is 24.9 Å². The van der Waals surface area contributed by atoms with Gasteiger partial charge in [0.1, 0.15) is 0 Å². The molecule has 0 saturated heterocycles. The summed E-state index contributed by atoms with van der Waals surface area (Å²) in [5, 5.41) is 10.6. The van der Waals surface area contributed by atoms with Gasteiger partial charge in [-0.05, 0) is 30.5 Å². The molecular weight excluding hydrogens is 242 g/mol. The zero-order chi connectivity index (χ0) is 13.9. The van der Waals surface area contributed by atoms with Crippen LogP contribution < -0.4 is 15.2 Å². The van der Waals surface area contributed by atoms with Crippen molar-refractivity contribution in [3.8, 4) is 11.5 Å². The van der Waals surface area contributed by atoms with E-state index < -0.39 is 11.6 Å². The third-order valence-corrected chi connectivity index (χ3v) is 4.05. The van der Waals surface area contributed by atoms with Crippen LogP contribution in [0.2, 0.25) is 0 Å². The summed E-state index contributed by atoms with van der Waals surface area (Å²) in [5.74, 6) is 1.28. The standard InChI is InChI=1S/C15H23NO3/c1-18-12-7-6-11(10-13(12)19-2)14(17)15(16)8-4-3-5-9-15/h6-7,10,14,17H,3-5,8-9,16H2,1-2H3. The van der Waals surface area contributed by atoms with Crippen molar-refractivity contribution in [3.05, 3.63) is 23.8 Å². The molecule has 0 aromatic heterocycles. The summed E-state index contributed by atoms with van der Waals surface area (Å²) in [7, 11) is 3.19. The Labute approximate surface area is 114 Å². The molecule has 1 unspecified atom stereocenters. The van der Waals surface area contributed by atoms with Crippen molar-refractivity contribution in [1.29, 1.82) is 0 Å². The summed E-state index contributed by atoms with van der Waals surface area (Å²) in [5.41, 5.74) is 6.65. The first kappa shape index (κ1) is 14.2. The monoisotopic (exact) mass is 265 g/mol. The third-order valence-electron chi connectivity index (χ3n) is 4.05. The third kappa shape index (κ3) is 2.85. The molecule has 0 spiro atoms. The zero-order valence-electron chi connectivity index (χ0n) is 11.7. The predicted molar refractivity (Wildman–Crippen MR) is 74.5 cm³/mol. The highest BCUT2D eigenvalue weighted by Gasteiger charge is 2.36. The second-order valence-corrected chi connectivity index (χ2v) is 5.31. The van der Waals surface area contributed by atoms with Crippen molar-refractivity contribution in [2.75, 3.05) is 14.2 Å². The Morgan fingerprint density at radius 1 is 1.11 bits per heavy atom. The van der Waals surface area contributed by atoms with Gasteiger partial charge in [-0.1, -0.05) is 25.3 Å². The maximum atomic E-state index is 10.6. The molecular formula is C15H23NO3. The van der Waals surface area contributed by atoms with E-state index in [1.807, 2.05) is 18.2 Å². The molecule has 0 amide bonds. The minimum atomic E-state index is -0.660. The van der Waals surface area contributed by atoms with Crippen molar-refractivity contribution < 1.29 is 14.6 Å². The van der Waals surface area contributed by atoms with Gasteiger partial charge < -0.3 is 20.3 Å². The van der Waals surface area contributed by atoms with Crippen molar-refractivity contribution in [1.82, 2.24) is 0 Å². The van der Waals surface area contributed by atoms with E-state index in [4.69, 9.17) is 15.2 Å². The van der Waals surface area contributed by atoms with Gasteiger partial charge in [0, 0.05) is 5.54 Å². The normalized spacial score (nSPS) is 19.8. The fourth-order valence-corrected chi connectivity index (χ4v) is 2.84. The van der Waals surface area contributed by atoms with Gasteiger partial charge in [0.25, 0.3) is 0 Å². The fourth-order valence-electron chi connectivity index (χ4n) is 2.84. The Bertz CT molecular complexity index is 427. The van der Waals surface area contributed by atoms with Crippen LogP contribution in [0.25, 0.3) is 0 Å². The zero-order valence-corrected chi connectivity index (χ0v) is 11.7. The second-order valence-electron chi connectivity index (χ2n) is 5.31. The molecule has 0 radical (unpaired) electrons. The number of benzene rings is 1. The Hall–Kier alpha value is -1.26. The molecule has 2 rings (SSSR count). The first-order valence-corrected chi connectivity index (χ1v) is 6.79. The molecule has 1 aliphatic rings. The Morgan fingerprint density at radius 2 is 1.74 bits per heavy atom. The first-order valence-electron chi connectivity index (χ1n) is 6.79. The van der Waals surface area contributed by atoms with E-state index in [-0.39, 0.29) is 0 Å². The molecule has 4 heteroatoms. The number of ether oxygens (including phenoxy) is 2. The molecule has 4 nitrogen and oxygen atoms in total. The summed E-state index contributed by atoms with van der Waals surface area (Å²) >= 11 is 0. The lowest BCUT2D eigenvalue weighted by atomic mass is 9.76. The largest absolute Gasteiger partial charge is 0.493 e. The van der Waals surface area contributed by atoms with E-state index in [2.05, 4.69) is 0 Å². The van der Waals surface area contributed by atoms with Crippen LogP contribution >= 0.6 is 0 Å². The lowest BCUT2D eigenvalue weighted by Gasteiger charge is -2.38. The summed E-state index contributed by atoms with van der Waals surface area (Å²) in [6, 6.07) is 5.48. The van der Waals surface area contributed by atoms with Gasteiger partial charge in [0.2, 0.25) is 0 Å². The van der Waals surface area contributed by atoms with Crippen LogP contribution in [0.3, 0.4) is 0 Å². The summed E-state index contributed by atoms with van der Waals surface area (Å²) in [6.45, 7) is 0. The van der Waals surface area contributed by atoms with Gasteiger partial charge in [-0.15, -0.1) is 0 Å². The lowest BCUT2D eigenvalue weighted by molar-refractivity contribution is 0.0585. The van der Waals surface area contributed by atoms with Crippen LogP contribution in [0, 0.1) is 0 Å². The Balaban J connectivity index is 2.25. The predicted octanol–water partition coefficient (Wildman–Crippen LogP) is 2.40. The minimum absolute atomic E-state index is 0.516. The molecule has 0 bridgehead atoms. The van der Waals surface area contributed by atoms with Gasteiger partial charge in [0.15, 0.2) is 11.5 Å². The highest BCUT2D eigenvalue weighted by molar-refractivity contribution is 5.44. The quantitative estimate of drug-likeness (QED) is 0.877. The summed E-state index contributed by atoms with van der Waals surface area (Å²) in [4.78, 5) is 0. The number of hydrogen-bond acceptors (Lipinski definition) is 4. The van der Waals surface area contributed by atoms with Gasteiger partial charge >= 0.3 is 0 Å². The highest BCUT2D eigenvalue weighted by atomic mass is 16.5. The van der Waals surface area contributed by atoms with Gasteiger partial charge in [0.05, 0.1) is 20.3 Å². The van der Waals surface area contributed by atoms with Gasteiger partial charge in [-0.25, -0.2) is 0 Å². The van der Waals surface area contributed by atoms with Crippen LogP contribution in [0.15, 0.2) is 18.2 Å². The SMILES string of the molecule is COc1ccc(C(O)C2(N)CCCCC2)cc1OC. The molecule has 106 valence electrons.